The van der Waals surface area contributed by atoms with Gasteiger partial charge in [0.1, 0.15) is 6.04 Å². The molecular weight excluding hydrogens is 544 g/mol. The Morgan fingerprint density at radius 3 is 2.53 bits per heavy atom. The molecule has 8 atom stereocenters. The zero-order chi connectivity index (χ0) is 26.5. The number of alkyl halides is 1. The van der Waals surface area contributed by atoms with Gasteiger partial charge in [-0.1, -0.05) is 60.5 Å². The molecule has 4 rings (SSSR count). The van der Waals surface area contributed by atoms with Crippen LogP contribution in [0.15, 0.2) is 30.9 Å². The lowest BCUT2D eigenvalue weighted by Gasteiger charge is -2.41. The molecule has 3 saturated heterocycles. The van der Waals surface area contributed by atoms with Crippen molar-refractivity contribution in [2.24, 2.45) is 17.8 Å². The number of aliphatic hydroxyl groups excluding tert-OH is 1. The number of thioether (sulfide) groups is 1. The maximum absolute atomic E-state index is 14.7. The highest BCUT2D eigenvalue weighted by molar-refractivity contribution is 9.09. The van der Waals surface area contributed by atoms with E-state index in [1.165, 1.54) is 11.8 Å². The number of aliphatic carboxylic acids is 1. The molecule has 1 aromatic rings. The van der Waals surface area contributed by atoms with Crippen molar-refractivity contribution in [1.82, 2.24) is 4.90 Å². The number of halogens is 1. The number of anilines is 1. The fourth-order valence-corrected chi connectivity index (χ4v) is 10.2. The molecule has 2 bridgehead atoms. The highest BCUT2D eigenvalue weighted by Gasteiger charge is 2.76. The first-order valence-corrected chi connectivity index (χ1v) is 14.3. The van der Waals surface area contributed by atoms with Crippen molar-refractivity contribution in [2.45, 2.75) is 67.4 Å². The SMILES string of the molecule is C=CCN(C(=O)C1N([C@@H](CO)[C@@H](C)CC)C(=O)[C@@H]2[C@H](C(=O)O)[C@H]3SC12CC3Br)c1c(C)cccc1C. The number of benzene rings is 1. The molecular formula is C27H35BrN2O5S. The molecule has 2 N–H and O–H groups in total. The van der Waals surface area contributed by atoms with Gasteiger partial charge in [0, 0.05) is 22.3 Å². The van der Waals surface area contributed by atoms with Gasteiger partial charge in [-0.2, -0.15) is 0 Å². The van der Waals surface area contributed by atoms with Crippen LogP contribution in [0, 0.1) is 31.6 Å². The lowest BCUT2D eigenvalue weighted by molar-refractivity contribution is -0.149. The van der Waals surface area contributed by atoms with Gasteiger partial charge in [0.15, 0.2) is 0 Å². The molecule has 3 fully saturated rings. The highest BCUT2D eigenvalue weighted by Crippen LogP contribution is 2.68. The van der Waals surface area contributed by atoms with Crippen LogP contribution < -0.4 is 4.90 Å². The van der Waals surface area contributed by atoms with Gasteiger partial charge in [0.25, 0.3) is 5.91 Å². The molecule has 1 spiro atoms. The van der Waals surface area contributed by atoms with Crippen LogP contribution in [0.3, 0.4) is 0 Å². The van der Waals surface area contributed by atoms with Gasteiger partial charge in [-0.3, -0.25) is 14.4 Å². The Labute approximate surface area is 225 Å². The van der Waals surface area contributed by atoms with Crippen LogP contribution in [-0.4, -0.2) is 73.0 Å². The predicted octanol–water partition coefficient (Wildman–Crippen LogP) is 3.78. The third kappa shape index (κ3) is 3.93. The Hall–Kier alpha value is -1.84. The second-order valence-electron chi connectivity index (χ2n) is 10.4. The Kier molecular flexibility index (Phi) is 7.66. The molecule has 7 nitrogen and oxygen atoms in total. The first-order valence-electron chi connectivity index (χ1n) is 12.5. The number of rotatable bonds is 9. The second kappa shape index (κ2) is 10.1. The minimum Gasteiger partial charge on any atom is -0.481 e. The largest absolute Gasteiger partial charge is 0.481 e. The Morgan fingerprint density at radius 2 is 2.00 bits per heavy atom. The van der Waals surface area contributed by atoms with Crippen molar-refractivity contribution in [3.05, 3.63) is 42.0 Å². The standard InChI is InChI=1S/C27H35BrN2O5S/c1-6-11-29(21-15(4)9-8-10-16(21)5)25(33)23-27-12-17(28)22(36-27)19(26(34)35)20(27)24(32)30(23)18(13-31)14(3)7-2/h6,8-10,14,17-20,22-23,31H,1,7,11-13H2,2-5H3,(H,34,35)/t14-,17?,18-,19-,20-,22-,23?,27?/m0/s1. The van der Waals surface area contributed by atoms with Gasteiger partial charge >= 0.3 is 5.97 Å². The van der Waals surface area contributed by atoms with Crippen molar-refractivity contribution < 1.29 is 24.6 Å². The van der Waals surface area contributed by atoms with Crippen molar-refractivity contribution in [3.63, 3.8) is 0 Å². The van der Waals surface area contributed by atoms with E-state index in [4.69, 9.17) is 0 Å². The van der Waals surface area contributed by atoms with E-state index in [2.05, 4.69) is 22.5 Å². The van der Waals surface area contributed by atoms with E-state index in [1.54, 1.807) is 15.9 Å². The van der Waals surface area contributed by atoms with Crippen LogP contribution in [0.25, 0.3) is 0 Å². The summed E-state index contributed by atoms with van der Waals surface area (Å²) >= 11 is 5.16. The smallest absolute Gasteiger partial charge is 0.308 e. The first-order chi connectivity index (χ1) is 17.0. The van der Waals surface area contributed by atoms with Crippen molar-refractivity contribution in [1.29, 1.82) is 0 Å². The number of carboxylic acid groups (broad SMARTS) is 1. The quantitative estimate of drug-likeness (QED) is 0.342. The van der Waals surface area contributed by atoms with E-state index < -0.39 is 34.6 Å². The monoisotopic (exact) mass is 578 g/mol. The molecule has 1 aromatic carbocycles. The zero-order valence-electron chi connectivity index (χ0n) is 21.2. The second-order valence-corrected chi connectivity index (χ2v) is 13.1. The number of para-hydroxylation sites is 1. The number of amides is 2. The van der Waals surface area contributed by atoms with Crippen LogP contribution in [0.1, 0.15) is 37.8 Å². The van der Waals surface area contributed by atoms with E-state index in [1.807, 2.05) is 45.9 Å². The number of carboxylic acids is 1. The molecule has 2 amide bonds. The third-order valence-corrected chi connectivity index (χ3v) is 11.6. The molecule has 3 aliphatic rings. The van der Waals surface area contributed by atoms with E-state index in [0.29, 0.717) is 12.8 Å². The number of likely N-dealkylation sites (tertiary alicyclic amines) is 1. The van der Waals surface area contributed by atoms with Gasteiger partial charge in [-0.05, 0) is 37.3 Å². The first kappa shape index (κ1) is 27.2. The maximum Gasteiger partial charge on any atom is 0.308 e. The van der Waals surface area contributed by atoms with E-state index in [0.717, 1.165) is 16.8 Å². The number of hydrogen-bond donors (Lipinski definition) is 2. The lowest BCUT2D eigenvalue weighted by Crippen LogP contribution is -2.59. The van der Waals surface area contributed by atoms with Crippen LogP contribution in [-0.2, 0) is 14.4 Å². The topological polar surface area (TPSA) is 98.2 Å². The summed E-state index contributed by atoms with van der Waals surface area (Å²) in [5.74, 6) is -3.34. The Bertz CT molecular complexity index is 1060. The summed E-state index contributed by atoms with van der Waals surface area (Å²) in [5.41, 5.74) is 2.64. The molecule has 36 heavy (non-hydrogen) atoms. The molecule has 0 aliphatic carbocycles. The third-order valence-electron chi connectivity index (χ3n) is 8.38. The summed E-state index contributed by atoms with van der Waals surface area (Å²) in [7, 11) is 0. The van der Waals surface area contributed by atoms with Crippen molar-refractivity contribution >= 4 is 51.2 Å². The molecule has 0 radical (unpaired) electrons. The van der Waals surface area contributed by atoms with Crippen LogP contribution in [0.2, 0.25) is 0 Å². The number of carbonyl (C=O) groups excluding carboxylic acids is 2. The highest BCUT2D eigenvalue weighted by atomic mass is 79.9. The maximum atomic E-state index is 14.7. The average Bonchev–Trinajstić information content (AvgIpc) is 3.42. The van der Waals surface area contributed by atoms with E-state index in [9.17, 15) is 24.6 Å². The number of hydrogen-bond acceptors (Lipinski definition) is 5. The number of aryl methyl sites for hydroxylation is 2. The minimum atomic E-state index is -1.01. The van der Waals surface area contributed by atoms with Crippen LogP contribution >= 0.6 is 27.7 Å². The van der Waals surface area contributed by atoms with Crippen LogP contribution in [0.4, 0.5) is 5.69 Å². The summed E-state index contributed by atoms with van der Waals surface area (Å²) in [4.78, 5) is 44.3. The van der Waals surface area contributed by atoms with Gasteiger partial charge in [-0.25, -0.2) is 0 Å². The summed E-state index contributed by atoms with van der Waals surface area (Å²) in [6.45, 7) is 11.7. The van der Waals surface area contributed by atoms with E-state index >= 15 is 0 Å². The van der Waals surface area contributed by atoms with Gasteiger partial charge in [0.05, 0.1) is 29.2 Å². The summed E-state index contributed by atoms with van der Waals surface area (Å²) in [6.07, 6.45) is 2.90. The Morgan fingerprint density at radius 1 is 1.36 bits per heavy atom. The minimum absolute atomic E-state index is 0.0669. The number of fused-ring (bicyclic) bond motifs is 1. The fraction of sp³-hybridized carbons (Fsp3) is 0.593. The number of carbonyl (C=O) groups is 3. The molecule has 0 saturated carbocycles. The summed E-state index contributed by atoms with van der Waals surface area (Å²) < 4.78 is -0.882. The lowest BCUT2D eigenvalue weighted by atomic mass is 9.71. The average molecular weight is 580 g/mol. The zero-order valence-corrected chi connectivity index (χ0v) is 23.6. The molecule has 9 heteroatoms. The normalized spacial score (nSPS) is 32.3. The van der Waals surface area contributed by atoms with Gasteiger partial charge in [0.2, 0.25) is 5.91 Å². The summed E-state index contributed by atoms with van der Waals surface area (Å²) in [6, 6.07) is 4.37. The van der Waals surface area contributed by atoms with Crippen molar-refractivity contribution in [2.75, 3.05) is 18.1 Å². The van der Waals surface area contributed by atoms with E-state index in [-0.39, 0.29) is 41.0 Å². The molecule has 3 heterocycles. The molecule has 3 aliphatic heterocycles. The van der Waals surface area contributed by atoms with Crippen molar-refractivity contribution in [3.8, 4) is 0 Å². The van der Waals surface area contributed by atoms with Gasteiger partial charge in [-0.15, -0.1) is 18.3 Å². The summed E-state index contributed by atoms with van der Waals surface area (Å²) in [5, 5.41) is 20.3. The fourth-order valence-electron chi connectivity index (χ4n) is 6.60. The molecule has 0 aromatic heterocycles. The van der Waals surface area contributed by atoms with Crippen LogP contribution in [0.5, 0.6) is 0 Å². The van der Waals surface area contributed by atoms with Gasteiger partial charge < -0.3 is 20.0 Å². The number of aliphatic hydroxyl groups is 1. The number of nitrogens with zero attached hydrogens (tertiary/aromatic N) is 2. The Balaban J connectivity index is 1.91. The molecule has 196 valence electrons. The molecule has 3 unspecified atom stereocenters. The predicted molar refractivity (Wildman–Crippen MR) is 145 cm³/mol.